The summed E-state index contributed by atoms with van der Waals surface area (Å²) in [4.78, 5) is 4.92. The maximum absolute atomic E-state index is 8.61. The van der Waals surface area contributed by atoms with Gasteiger partial charge in [-0.1, -0.05) is 0 Å². The topological polar surface area (TPSA) is 62.7 Å². The van der Waals surface area contributed by atoms with Gasteiger partial charge >= 0.3 is 0 Å². The van der Waals surface area contributed by atoms with Crippen molar-refractivity contribution in [3.63, 3.8) is 0 Å². The second-order valence-corrected chi connectivity index (χ2v) is 3.59. The number of nitrogen functional groups attached to an aromatic ring is 1. The SMILES string of the molecule is N#CSc1ccc(N)c2cnccc12. The Bertz CT molecular complexity index is 516. The zero-order chi connectivity index (χ0) is 9.97. The molecule has 0 unspecified atom stereocenters. The lowest BCUT2D eigenvalue weighted by atomic mass is 10.1. The Labute approximate surface area is 85.6 Å². The van der Waals surface area contributed by atoms with Crippen LogP contribution in [0.1, 0.15) is 0 Å². The van der Waals surface area contributed by atoms with E-state index in [9.17, 15) is 0 Å². The van der Waals surface area contributed by atoms with Gasteiger partial charge in [-0.05, 0) is 30.0 Å². The first-order chi connectivity index (χ1) is 6.83. The Hall–Kier alpha value is -1.73. The quantitative estimate of drug-likeness (QED) is 0.437. The van der Waals surface area contributed by atoms with Crippen LogP contribution in [0.2, 0.25) is 0 Å². The normalized spacial score (nSPS) is 9.93. The van der Waals surface area contributed by atoms with Crippen molar-refractivity contribution in [2.45, 2.75) is 4.90 Å². The van der Waals surface area contributed by atoms with Crippen LogP contribution in [-0.4, -0.2) is 4.98 Å². The summed E-state index contributed by atoms with van der Waals surface area (Å²) in [7, 11) is 0. The van der Waals surface area contributed by atoms with Gasteiger partial charge in [-0.25, -0.2) is 0 Å². The molecule has 0 aliphatic carbocycles. The summed E-state index contributed by atoms with van der Waals surface area (Å²) in [6.45, 7) is 0. The summed E-state index contributed by atoms with van der Waals surface area (Å²) in [6.07, 6.45) is 3.41. The van der Waals surface area contributed by atoms with E-state index in [-0.39, 0.29) is 0 Å². The fraction of sp³-hybridized carbons (Fsp3) is 0. The number of hydrogen-bond acceptors (Lipinski definition) is 4. The van der Waals surface area contributed by atoms with E-state index in [1.165, 1.54) is 0 Å². The van der Waals surface area contributed by atoms with Crippen LogP contribution in [0.15, 0.2) is 35.5 Å². The van der Waals surface area contributed by atoms with Gasteiger partial charge in [0.05, 0.1) is 0 Å². The zero-order valence-corrected chi connectivity index (χ0v) is 8.08. The fourth-order valence-corrected chi connectivity index (χ4v) is 1.84. The Morgan fingerprint density at radius 3 is 2.93 bits per heavy atom. The Morgan fingerprint density at radius 1 is 1.29 bits per heavy atom. The first-order valence-corrected chi connectivity index (χ1v) is 4.82. The highest BCUT2D eigenvalue weighted by atomic mass is 32.2. The molecule has 14 heavy (non-hydrogen) atoms. The molecule has 0 aliphatic rings. The number of aromatic nitrogens is 1. The smallest absolute Gasteiger partial charge is 0.138 e. The van der Waals surface area contributed by atoms with Crippen LogP contribution < -0.4 is 5.73 Å². The molecule has 2 aromatic rings. The van der Waals surface area contributed by atoms with Crippen molar-refractivity contribution in [1.29, 1.82) is 5.26 Å². The highest BCUT2D eigenvalue weighted by Gasteiger charge is 2.03. The number of fused-ring (bicyclic) bond motifs is 1. The van der Waals surface area contributed by atoms with Crippen molar-refractivity contribution in [2.24, 2.45) is 0 Å². The molecule has 68 valence electrons. The summed E-state index contributed by atoms with van der Waals surface area (Å²) in [5, 5.41) is 12.5. The Balaban J connectivity index is 2.76. The van der Waals surface area contributed by atoms with Crippen molar-refractivity contribution in [2.75, 3.05) is 5.73 Å². The summed E-state index contributed by atoms with van der Waals surface area (Å²) in [5.41, 5.74) is 6.48. The van der Waals surface area contributed by atoms with Crippen molar-refractivity contribution >= 4 is 28.2 Å². The standard InChI is InChI=1S/C10H7N3S/c11-6-14-10-2-1-9(12)8-5-13-4-3-7(8)10/h1-5H,12H2. The van der Waals surface area contributed by atoms with E-state index >= 15 is 0 Å². The summed E-state index contributed by atoms with van der Waals surface area (Å²) in [5.74, 6) is 0. The number of rotatable bonds is 1. The lowest BCUT2D eigenvalue weighted by Gasteiger charge is -2.03. The van der Waals surface area contributed by atoms with E-state index in [0.717, 1.165) is 27.4 Å². The number of nitrogens with zero attached hydrogens (tertiary/aromatic N) is 2. The number of thioether (sulfide) groups is 1. The maximum atomic E-state index is 8.61. The minimum absolute atomic E-state index is 0.690. The van der Waals surface area contributed by atoms with Crippen LogP contribution in [-0.2, 0) is 0 Å². The number of pyridine rings is 1. The molecule has 0 spiro atoms. The molecule has 0 saturated heterocycles. The average molecular weight is 201 g/mol. The number of benzene rings is 1. The van der Waals surface area contributed by atoms with Crippen molar-refractivity contribution < 1.29 is 0 Å². The van der Waals surface area contributed by atoms with E-state index < -0.39 is 0 Å². The minimum atomic E-state index is 0.690. The molecular formula is C10H7N3S. The first kappa shape index (κ1) is 8.85. The molecule has 1 heterocycles. The lowest BCUT2D eigenvalue weighted by molar-refractivity contribution is 1.35. The van der Waals surface area contributed by atoms with Crippen LogP contribution in [0.3, 0.4) is 0 Å². The molecule has 0 saturated carbocycles. The second kappa shape index (κ2) is 3.56. The van der Waals surface area contributed by atoms with Crippen molar-refractivity contribution in [3.8, 4) is 5.40 Å². The molecule has 0 atom stereocenters. The van der Waals surface area contributed by atoms with Gasteiger partial charge in [0.15, 0.2) is 0 Å². The molecule has 0 bridgehead atoms. The molecule has 1 aromatic carbocycles. The maximum Gasteiger partial charge on any atom is 0.138 e. The largest absolute Gasteiger partial charge is 0.398 e. The summed E-state index contributed by atoms with van der Waals surface area (Å²) in [6, 6.07) is 5.51. The minimum Gasteiger partial charge on any atom is -0.398 e. The molecule has 4 heteroatoms. The molecule has 3 nitrogen and oxygen atoms in total. The molecule has 0 amide bonds. The molecule has 2 N–H and O–H groups in total. The van der Waals surface area contributed by atoms with Crippen LogP contribution >= 0.6 is 11.8 Å². The number of nitriles is 1. The van der Waals surface area contributed by atoms with Gasteiger partial charge in [-0.2, -0.15) is 5.26 Å². The third-order valence-electron chi connectivity index (χ3n) is 1.97. The number of nitrogens with two attached hydrogens (primary N) is 1. The molecule has 0 fully saturated rings. The van der Waals surface area contributed by atoms with Crippen molar-refractivity contribution in [1.82, 2.24) is 4.98 Å². The number of anilines is 1. The Kier molecular flexibility index (Phi) is 2.25. The van der Waals surface area contributed by atoms with Gasteiger partial charge in [0.2, 0.25) is 0 Å². The molecule has 1 aromatic heterocycles. The van der Waals surface area contributed by atoms with Crippen LogP contribution in [0, 0.1) is 10.7 Å². The first-order valence-electron chi connectivity index (χ1n) is 4.01. The molecule has 0 aliphatic heterocycles. The van der Waals surface area contributed by atoms with Gasteiger partial charge in [0, 0.05) is 33.7 Å². The predicted molar refractivity (Wildman–Crippen MR) is 57.6 cm³/mol. The highest BCUT2D eigenvalue weighted by molar-refractivity contribution is 8.04. The van der Waals surface area contributed by atoms with Gasteiger partial charge in [0.25, 0.3) is 0 Å². The van der Waals surface area contributed by atoms with Gasteiger partial charge in [-0.3, -0.25) is 4.98 Å². The third kappa shape index (κ3) is 1.38. The zero-order valence-electron chi connectivity index (χ0n) is 7.27. The van der Waals surface area contributed by atoms with Crippen LogP contribution in [0.4, 0.5) is 5.69 Å². The van der Waals surface area contributed by atoms with Gasteiger partial charge in [-0.15, -0.1) is 0 Å². The predicted octanol–water partition coefficient (Wildman–Crippen LogP) is 2.39. The van der Waals surface area contributed by atoms with Gasteiger partial charge in [0.1, 0.15) is 5.40 Å². The molecular weight excluding hydrogens is 194 g/mol. The third-order valence-corrected chi connectivity index (χ3v) is 2.63. The van der Waals surface area contributed by atoms with E-state index in [4.69, 9.17) is 11.0 Å². The number of thiocyanates is 1. The van der Waals surface area contributed by atoms with E-state index in [0.29, 0.717) is 5.69 Å². The second-order valence-electron chi connectivity index (χ2n) is 2.77. The van der Waals surface area contributed by atoms with Gasteiger partial charge < -0.3 is 5.73 Å². The van der Waals surface area contributed by atoms with E-state index in [1.807, 2.05) is 12.1 Å². The average Bonchev–Trinajstić information content (AvgIpc) is 2.23. The molecule has 2 rings (SSSR count). The van der Waals surface area contributed by atoms with Crippen LogP contribution in [0.5, 0.6) is 0 Å². The van der Waals surface area contributed by atoms with Crippen molar-refractivity contribution in [3.05, 3.63) is 30.6 Å². The fourth-order valence-electron chi connectivity index (χ4n) is 1.32. The van der Waals surface area contributed by atoms with Crippen LogP contribution in [0.25, 0.3) is 10.8 Å². The summed E-state index contributed by atoms with van der Waals surface area (Å²) >= 11 is 1.14. The monoisotopic (exact) mass is 201 g/mol. The lowest BCUT2D eigenvalue weighted by Crippen LogP contribution is -1.88. The number of hydrogen-bond donors (Lipinski definition) is 1. The summed E-state index contributed by atoms with van der Waals surface area (Å²) < 4.78 is 0. The van der Waals surface area contributed by atoms with E-state index in [2.05, 4.69) is 10.4 Å². The highest BCUT2D eigenvalue weighted by Crippen LogP contribution is 2.29. The molecule has 0 radical (unpaired) electrons. The van der Waals surface area contributed by atoms with E-state index in [1.54, 1.807) is 18.5 Å². The Morgan fingerprint density at radius 2 is 2.14 bits per heavy atom.